The van der Waals surface area contributed by atoms with Gasteiger partial charge in [0.25, 0.3) is 5.91 Å². The number of aromatic nitrogens is 1. The van der Waals surface area contributed by atoms with Gasteiger partial charge >= 0.3 is 5.91 Å². The number of para-hydroxylation sites is 3. The highest BCUT2D eigenvalue weighted by Crippen LogP contribution is 2.27. The van der Waals surface area contributed by atoms with Crippen molar-refractivity contribution in [3.63, 3.8) is 0 Å². The second-order valence-electron chi connectivity index (χ2n) is 7.16. The van der Waals surface area contributed by atoms with Crippen molar-refractivity contribution < 1.29 is 18.7 Å². The number of benzene rings is 3. The van der Waals surface area contributed by atoms with Gasteiger partial charge in [-0.25, -0.2) is 0 Å². The van der Waals surface area contributed by atoms with Crippen LogP contribution in [0.3, 0.4) is 0 Å². The second-order valence-corrected chi connectivity index (χ2v) is 7.16. The van der Waals surface area contributed by atoms with Gasteiger partial charge in [0.15, 0.2) is 0 Å². The van der Waals surface area contributed by atoms with Gasteiger partial charge in [-0.05, 0) is 24.3 Å². The van der Waals surface area contributed by atoms with Gasteiger partial charge in [-0.1, -0.05) is 54.6 Å². The molecule has 0 atom stereocenters. The van der Waals surface area contributed by atoms with E-state index in [-0.39, 0.29) is 12.4 Å². The fraction of sp³-hybridized carbons (Fsp3) is 0.0400. The number of hydrogen-bond donors (Lipinski definition) is 3. The van der Waals surface area contributed by atoms with E-state index in [1.165, 1.54) is 0 Å². The summed E-state index contributed by atoms with van der Waals surface area (Å²) >= 11 is 0. The van der Waals surface area contributed by atoms with E-state index in [9.17, 15) is 9.59 Å². The molecule has 2 heterocycles. The zero-order valence-electron chi connectivity index (χ0n) is 16.9. The Bertz CT molecular complexity index is 1420. The van der Waals surface area contributed by atoms with Crippen LogP contribution in [0.15, 0.2) is 89.5 Å². The smallest absolute Gasteiger partial charge is 0.305 e. The number of ether oxygens (including phenoxy) is 1. The lowest BCUT2D eigenvalue weighted by molar-refractivity contribution is 0.0831. The molecule has 2 amide bonds. The van der Waals surface area contributed by atoms with Crippen molar-refractivity contribution in [1.82, 2.24) is 15.8 Å². The van der Waals surface area contributed by atoms with Crippen LogP contribution in [0.1, 0.15) is 26.5 Å². The van der Waals surface area contributed by atoms with Gasteiger partial charge in [0, 0.05) is 28.0 Å². The summed E-state index contributed by atoms with van der Waals surface area (Å²) in [5.41, 5.74) is 7.34. The maximum absolute atomic E-state index is 12.9. The first-order valence-corrected chi connectivity index (χ1v) is 10.1. The molecule has 0 saturated heterocycles. The zero-order chi connectivity index (χ0) is 21.9. The Labute approximate surface area is 183 Å². The average Bonchev–Trinajstić information content (AvgIpc) is 3.43. The SMILES string of the molecule is O=C(NNC(=O)c1c[nH]c2ccccc12)c1oc2ccccc2c1COc1ccccc1. The van der Waals surface area contributed by atoms with Crippen LogP contribution >= 0.6 is 0 Å². The molecular formula is C25H19N3O4. The van der Waals surface area contributed by atoms with Gasteiger partial charge in [0.2, 0.25) is 5.76 Å². The van der Waals surface area contributed by atoms with E-state index in [0.717, 1.165) is 16.3 Å². The third-order valence-corrected chi connectivity index (χ3v) is 5.15. The minimum Gasteiger partial charge on any atom is -0.489 e. The van der Waals surface area contributed by atoms with E-state index in [4.69, 9.17) is 9.15 Å². The number of nitrogens with one attached hydrogen (secondary N) is 3. The average molecular weight is 425 g/mol. The molecule has 5 aromatic rings. The lowest BCUT2D eigenvalue weighted by Gasteiger charge is -2.08. The van der Waals surface area contributed by atoms with Gasteiger partial charge in [-0.2, -0.15) is 0 Å². The van der Waals surface area contributed by atoms with Crippen molar-refractivity contribution in [2.75, 3.05) is 0 Å². The summed E-state index contributed by atoms with van der Waals surface area (Å²) < 4.78 is 11.6. The molecule has 158 valence electrons. The molecule has 0 saturated carbocycles. The number of H-pyrrole nitrogens is 1. The number of hydrogen-bond acceptors (Lipinski definition) is 4. The van der Waals surface area contributed by atoms with Crippen LogP contribution in [0.4, 0.5) is 0 Å². The predicted octanol–water partition coefficient (Wildman–Crippen LogP) is 4.57. The van der Waals surface area contributed by atoms with Gasteiger partial charge in [0.05, 0.1) is 5.56 Å². The standard InChI is InChI=1S/C25H19N3O4/c29-24(19-14-26-21-12-6-4-10-17(19)21)27-28-25(30)23-20(15-31-16-8-2-1-3-9-16)18-11-5-7-13-22(18)32-23/h1-14,26H,15H2,(H,27,29)(H,28,30). The summed E-state index contributed by atoms with van der Waals surface area (Å²) in [4.78, 5) is 28.6. The van der Waals surface area contributed by atoms with E-state index in [2.05, 4.69) is 15.8 Å². The number of fused-ring (bicyclic) bond motifs is 2. The molecule has 0 unspecified atom stereocenters. The number of carbonyl (C=O) groups is 2. The van der Waals surface area contributed by atoms with Gasteiger partial charge in [0.1, 0.15) is 17.9 Å². The van der Waals surface area contributed by atoms with Crippen LogP contribution < -0.4 is 15.6 Å². The highest BCUT2D eigenvalue weighted by Gasteiger charge is 2.22. The van der Waals surface area contributed by atoms with Crippen molar-refractivity contribution in [3.05, 3.63) is 102 Å². The van der Waals surface area contributed by atoms with Crippen LogP contribution in [0.25, 0.3) is 21.9 Å². The number of carbonyl (C=O) groups excluding carboxylic acids is 2. The van der Waals surface area contributed by atoms with Crippen LogP contribution in [0, 0.1) is 0 Å². The predicted molar refractivity (Wildman–Crippen MR) is 120 cm³/mol. The first-order valence-electron chi connectivity index (χ1n) is 10.1. The maximum Gasteiger partial charge on any atom is 0.305 e. The van der Waals surface area contributed by atoms with E-state index < -0.39 is 11.8 Å². The number of furan rings is 1. The number of amides is 2. The number of aromatic amines is 1. The molecule has 0 aliphatic heterocycles. The Balaban J connectivity index is 1.36. The van der Waals surface area contributed by atoms with E-state index in [0.29, 0.717) is 22.5 Å². The Morgan fingerprint density at radius 1 is 0.812 bits per heavy atom. The van der Waals surface area contributed by atoms with E-state index in [1.807, 2.05) is 72.8 Å². The first kappa shape index (κ1) is 19.4. The molecular weight excluding hydrogens is 406 g/mol. The van der Waals surface area contributed by atoms with Crippen LogP contribution in [0.5, 0.6) is 5.75 Å². The second kappa shape index (κ2) is 8.31. The molecule has 0 radical (unpaired) electrons. The van der Waals surface area contributed by atoms with Crippen molar-refractivity contribution in [1.29, 1.82) is 0 Å². The summed E-state index contributed by atoms with van der Waals surface area (Å²) in [6, 6.07) is 24.1. The molecule has 0 aliphatic rings. The van der Waals surface area contributed by atoms with E-state index in [1.54, 1.807) is 12.3 Å². The monoisotopic (exact) mass is 425 g/mol. The zero-order valence-corrected chi connectivity index (χ0v) is 16.9. The quantitative estimate of drug-likeness (QED) is 0.360. The molecule has 7 nitrogen and oxygen atoms in total. The van der Waals surface area contributed by atoms with Crippen LogP contribution in [-0.2, 0) is 6.61 Å². The highest BCUT2D eigenvalue weighted by molar-refractivity contribution is 6.08. The molecule has 0 fully saturated rings. The Hall–Kier alpha value is -4.52. The lowest BCUT2D eigenvalue weighted by atomic mass is 10.1. The molecule has 2 aromatic heterocycles. The molecule has 32 heavy (non-hydrogen) atoms. The Morgan fingerprint density at radius 3 is 2.34 bits per heavy atom. The fourth-order valence-corrected chi connectivity index (χ4v) is 3.59. The summed E-state index contributed by atoms with van der Waals surface area (Å²) in [7, 11) is 0. The van der Waals surface area contributed by atoms with Crippen molar-refractivity contribution in [2.24, 2.45) is 0 Å². The molecule has 0 aliphatic carbocycles. The van der Waals surface area contributed by atoms with Gasteiger partial charge in [-0.3, -0.25) is 20.4 Å². The minimum atomic E-state index is -0.568. The number of rotatable bonds is 5. The summed E-state index contributed by atoms with van der Waals surface area (Å²) in [5.74, 6) is -0.242. The molecule has 0 bridgehead atoms. The van der Waals surface area contributed by atoms with Gasteiger partial charge < -0.3 is 14.1 Å². The summed E-state index contributed by atoms with van der Waals surface area (Å²) in [6.07, 6.45) is 1.60. The van der Waals surface area contributed by atoms with Crippen molar-refractivity contribution >= 4 is 33.7 Å². The third-order valence-electron chi connectivity index (χ3n) is 5.15. The van der Waals surface area contributed by atoms with Crippen molar-refractivity contribution in [2.45, 2.75) is 6.61 Å². The molecule has 0 spiro atoms. The largest absolute Gasteiger partial charge is 0.489 e. The normalized spacial score (nSPS) is 10.9. The lowest BCUT2D eigenvalue weighted by Crippen LogP contribution is -2.41. The Morgan fingerprint density at radius 2 is 1.50 bits per heavy atom. The van der Waals surface area contributed by atoms with E-state index >= 15 is 0 Å². The van der Waals surface area contributed by atoms with Crippen LogP contribution in [0.2, 0.25) is 0 Å². The molecule has 3 N–H and O–H groups in total. The third kappa shape index (κ3) is 3.67. The highest BCUT2D eigenvalue weighted by atomic mass is 16.5. The Kier molecular flexibility index (Phi) is 5.05. The first-order chi connectivity index (χ1) is 15.7. The molecule has 7 heteroatoms. The summed E-state index contributed by atoms with van der Waals surface area (Å²) in [5, 5.41) is 1.54. The topological polar surface area (TPSA) is 96.4 Å². The minimum absolute atomic E-state index is 0.0846. The molecule has 5 rings (SSSR count). The van der Waals surface area contributed by atoms with Crippen molar-refractivity contribution in [3.8, 4) is 5.75 Å². The molecule has 3 aromatic carbocycles. The van der Waals surface area contributed by atoms with Gasteiger partial charge in [-0.15, -0.1) is 0 Å². The fourth-order valence-electron chi connectivity index (χ4n) is 3.59. The summed E-state index contributed by atoms with van der Waals surface area (Å²) in [6.45, 7) is 0.139. The number of hydrazine groups is 1. The maximum atomic E-state index is 12.9. The van der Waals surface area contributed by atoms with Crippen LogP contribution in [-0.4, -0.2) is 16.8 Å².